The van der Waals surface area contributed by atoms with E-state index in [1.54, 1.807) is 18.6 Å². The fourth-order valence-corrected chi connectivity index (χ4v) is 5.13. The summed E-state index contributed by atoms with van der Waals surface area (Å²) in [5, 5.41) is 1.92. The quantitative estimate of drug-likeness (QED) is 0.601. The molecular weight excluding hydrogens is 408 g/mol. The monoisotopic (exact) mass is 426 g/mol. The number of thiazole rings is 1. The molecular formula is C21H18N2O4S2. The van der Waals surface area contributed by atoms with E-state index < -0.39 is 12.0 Å². The van der Waals surface area contributed by atoms with Gasteiger partial charge in [-0.05, 0) is 42.1 Å². The number of thiophene rings is 1. The number of ether oxygens (including phenoxy) is 2. The van der Waals surface area contributed by atoms with Crippen molar-refractivity contribution in [3.63, 3.8) is 0 Å². The van der Waals surface area contributed by atoms with Gasteiger partial charge in [-0.15, -0.1) is 11.3 Å². The van der Waals surface area contributed by atoms with Crippen LogP contribution in [0.4, 0.5) is 0 Å². The Morgan fingerprint density at radius 3 is 2.59 bits per heavy atom. The molecule has 0 fully saturated rings. The maximum absolute atomic E-state index is 13.3. The Labute approximate surface area is 174 Å². The van der Waals surface area contributed by atoms with Gasteiger partial charge in [-0.1, -0.05) is 29.5 Å². The first-order valence-electron chi connectivity index (χ1n) is 8.82. The minimum Gasteiger partial charge on any atom is -0.497 e. The molecule has 1 aliphatic rings. The number of aromatic nitrogens is 1. The van der Waals surface area contributed by atoms with Crippen LogP contribution in [0.5, 0.6) is 5.75 Å². The van der Waals surface area contributed by atoms with Crippen LogP contribution < -0.4 is 19.6 Å². The first-order valence-corrected chi connectivity index (χ1v) is 10.5. The summed E-state index contributed by atoms with van der Waals surface area (Å²) >= 11 is 2.80. The van der Waals surface area contributed by atoms with Gasteiger partial charge in [0.2, 0.25) is 0 Å². The molecule has 2 aromatic heterocycles. The smallest absolute Gasteiger partial charge is 0.338 e. The molecule has 1 aromatic carbocycles. The van der Waals surface area contributed by atoms with E-state index in [1.807, 2.05) is 47.9 Å². The minimum absolute atomic E-state index is 0.183. The zero-order chi connectivity index (χ0) is 20.5. The average molecular weight is 427 g/mol. The standard InChI is InChI=1S/C21H18N2O4S2/c1-12-17(20(25)27-3)18(15-5-4-10-28-15)23-19(24)16(29-21(23)22-12)11-13-6-8-14(26-2)9-7-13/h4-11,18H,1-3H3/b16-11+. The molecule has 0 saturated heterocycles. The molecule has 3 aromatic rings. The first kappa shape index (κ1) is 19.4. The maximum Gasteiger partial charge on any atom is 0.338 e. The molecule has 4 rings (SSSR count). The Kier molecular flexibility index (Phi) is 5.21. The predicted molar refractivity (Wildman–Crippen MR) is 113 cm³/mol. The Morgan fingerprint density at radius 1 is 1.21 bits per heavy atom. The summed E-state index contributed by atoms with van der Waals surface area (Å²) in [7, 11) is 2.95. The van der Waals surface area contributed by atoms with Crippen molar-refractivity contribution in [3.8, 4) is 5.75 Å². The second kappa shape index (κ2) is 7.81. The summed E-state index contributed by atoms with van der Waals surface area (Å²) in [4.78, 5) is 31.8. The Balaban J connectivity index is 1.92. The summed E-state index contributed by atoms with van der Waals surface area (Å²) in [5.41, 5.74) is 1.65. The summed E-state index contributed by atoms with van der Waals surface area (Å²) in [6, 6.07) is 10.7. The number of carbonyl (C=O) groups is 1. The van der Waals surface area contributed by atoms with Gasteiger partial charge < -0.3 is 9.47 Å². The number of allylic oxidation sites excluding steroid dienone is 1. The van der Waals surface area contributed by atoms with E-state index in [2.05, 4.69) is 4.99 Å². The number of carbonyl (C=O) groups excluding carboxylic acids is 1. The third kappa shape index (κ3) is 3.45. The van der Waals surface area contributed by atoms with E-state index in [0.29, 0.717) is 20.6 Å². The normalized spacial score (nSPS) is 16.4. The lowest BCUT2D eigenvalue weighted by molar-refractivity contribution is -0.136. The highest BCUT2D eigenvalue weighted by atomic mass is 32.1. The summed E-state index contributed by atoms with van der Waals surface area (Å²) in [6.45, 7) is 1.77. The topological polar surface area (TPSA) is 69.9 Å². The molecule has 148 valence electrons. The summed E-state index contributed by atoms with van der Waals surface area (Å²) in [5.74, 6) is 0.272. The van der Waals surface area contributed by atoms with Crippen molar-refractivity contribution in [1.29, 1.82) is 0 Å². The Morgan fingerprint density at radius 2 is 1.97 bits per heavy atom. The van der Waals surface area contributed by atoms with Gasteiger partial charge in [0, 0.05) is 4.88 Å². The van der Waals surface area contributed by atoms with Gasteiger partial charge in [0.1, 0.15) is 11.8 Å². The molecule has 1 atom stereocenters. The SMILES string of the molecule is COC(=O)C1=C(C)N=c2s/c(=C/c3ccc(OC)cc3)c(=O)n2C1c1cccs1. The lowest BCUT2D eigenvalue weighted by Crippen LogP contribution is -2.39. The minimum atomic E-state index is -0.545. The summed E-state index contributed by atoms with van der Waals surface area (Å²) < 4.78 is 12.3. The van der Waals surface area contributed by atoms with Gasteiger partial charge >= 0.3 is 5.97 Å². The number of fused-ring (bicyclic) bond motifs is 1. The van der Waals surface area contributed by atoms with Crippen LogP contribution >= 0.6 is 22.7 Å². The van der Waals surface area contributed by atoms with Crippen LogP contribution in [0.15, 0.2) is 62.8 Å². The highest BCUT2D eigenvalue weighted by molar-refractivity contribution is 7.10. The molecule has 1 aliphatic heterocycles. The van der Waals surface area contributed by atoms with Gasteiger partial charge in [-0.25, -0.2) is 9.79 Å². The van der Waals surface area contributed by atoms with Crippen LogP contribution in [0.25, 0.3) is 6.08 Å². The van der Waals surface area contributed by atoms with Crippen molar-refractivity contribution < 1.29 is 14.3 Å². The number of nitrogens with zero attached hydrogens (tertiary/aromatic N) is 2. The molecule has 0 bridgehead atoms. The molecule has 0 spiro atoms. The molecule has 0 N–H and O–H groups in total. The van der Waals surface area contributed by atoms with E-state index in [0.717, 1.165) is 16.2 Å². The van der Waals surface area contributed by atoms with Crippen molar-refractivity contribution in [2.75, 3.05) is 14.2 Å². The second-order valence-electron chi connectivity index (χ2n) is 6.36. The molecule has 0 amide bonds. The van der Waals surface area contributed by atoms with Gasteiger partial charge in [-0.3, -0.25) is 9.36 Å². The number of hydrogen-bond acceptors (Lipinski definition) is 7. The van der Waals surface area contributed by atoms with Crippen LogP contribution in [0, 0.1) is 0 Å². The number of hydrogen-bond donors (Lipinski definition) is 0. The van der Waals surface area contributed by atoms with Crippen LogP contribution in [0.1, 0.15) is 23.4 Å². The van der Waals surface area contributed by atoms with Gasteiger partial charge in [-0.2, -0.15) is 0 Å². The van der Waals surface area contributed by atoms with Crippen molar-refractivity contribution in [1.82, 2.24) is 4.57 Å². The van der Waals surface area contributed by atoms with E-state index in [1.165, 1.54) is 29.8 Å². The molecule has 0 aliphatic carbocycles. The fourth-order valence-electron chi connectivity index (χ4n) is 3.26. The first-order chi connectivity index (χ1) is 14.0. The van der Waals surface area contributed by atoms with Gasteiger partial charge in [0.05, 0.1) is 30.0 Å². The number of esters is 1. The third-order valence-electron chi connectivity index (χ3n) is 4.65. The van der Waals surface area contributed by atoms with Crippen molar-refractivity contribution in [3.05, 3.63) is 83.2 Å². The molecule has 8 heteroatoms. The van der Waals surface area contributed by atoms with E-state index >= 15 is 0 Å². The average Bonchev–Trinajstić information content (AvgIpc) is 3.36. The molecule has 0 saturated carbocycles. The molecule has 1 unspecified atom stereocenters. The summed E-state index contributed by atoms with van der Waals surface area (Å²) in [6.07, 6.45) is 1.83. The number of rotatable bonds is 4. The Bertz CT molecular complexity index is 1270. The van der Waals surface area contributed by atoms with Gasteiger partial charge in [0.25, 0.3) is 5.56 Å². The lowest BCUT2D eigenvalue weighted by Gasteiger charge is -2.22. The maximum atomic E-state index is 13.3. The Hall–Kier alpha value is -2.97. The van der Waals surface area contributed by atoms with Crippen LogP contribution in [0.2, 0.25) is 0 Å². The van der Waals surface area contributed by atoms with Crippen molar-refractivity contribution >= 4 is 34.7 Å². The zero-order valence-corrected chi connectivity index (χ0v) is 17.7. The van der Waals surface area contributed by atoms with E-state index in [-0.39, 0.29) is 5.56 Å². The highest BCUT2D eigenvalue weighted by Gasteiger charge is 2.33. The highest BCUT2D eigenvalue weighted by Crippen LogP contribution is 2.32. The largest absolute Gasteiger partial charge is 0.497 e. The predicted octanol–water partition coefficient (Wildman–Crippen LogP) is 2.48. The van der Waals surface area contributed by atoms with Gasteiger partial charge in [0.15, 0.2) is 4.80 Å². The van der Waals surface area contributed by atoms with Crippen LogP contribution in [0.3, 0.4) is 0 Å². The van der Waals surface area contributed by atoms with Crippen molar-refractivity contribution in [2.24, 2.45) is 4.99 Å². The second-order valence-corrected chi connectivity index (χ2v) is 8.35. The zero-order valence-electron chi connectivity index (χ0n) is 16.0. The van der Waals surface area contributed by atoms with Crippen LogP contribution in [-0.4, -0.2) is 24.8 Å². The number of benzene rings is 1. The van der Waals surface area contributed by atoms with Crippen molar-refractivity contribution in [2.45, 2.75) is 13.0 Å². The van der Waals surface area contributed by atoms with E-state index in [4.69, 9.17) is 9.47 Å². The van der Waals surface area contributed by atoms with E-state index in [9.17, 15) is 9.59 Å². The molecule has 6 nitrogen and oxygen atoms in total. The molecule has 29 heavy (non-hydrogen) atoms. The fraction of sp³-hybridized carbons (Fsp3) is 0.190. The molecule has 0 radical (unpaired) electrons. The third-order valence-corrected chi connectivity index (χ3v) is 6.56. The lowest BCUT2D eigenvalue weighted by atomic mass is 10.0. The van der Waals surface area contributed by atoms with Crippen LogP contribution in [-0.2, 0) is 9.53 Å². The number of methoxy groups -OCH3 is 2. The molecule has 3 heterocycles.